The highest BCUT2D eigenvalue weighted by Gasteiger charge is 2.28. The molecule has 2 N–H and O–H groups in total. The molecule has 112 valence electrons. The summed E-state index contributed by atoms with van der Waals surface area (Å²) in [6.07, 6.45) is 3.09. The summed E-state index contributed by atoms with van der Waals surface area (Å²) in [5, 5.41) is 11.7. The normalized spacial score (nSPS) is 18.0. The number of hydrogen-bond donors (Lipinski definition) is 2. The maximum absolute atomic E-state index is 12.2. The van der Waals surface area contributed by atoms with E-state index in [4.69, 9.17) is 9.84 Å². The molecule has 0 fully saturated rings. The van der Waals surface area contributed by atoms with E-state index in [0.717, 1.165) is 11.3 Å². The summed E-state index contributed by atoms with van der Waals surface area (Å²) < 4.78 is 5.56. The van der Waals surface area contributed by atoms with E-state index in [2.05, 4.69) is 11.9 Å². The Bertz CT molecular complexity index is 541. The van der Waals surface area contributed by atoms with Gasteiger partial charge in [0.15, 0.2) is 0 Å². The van der Waals surface area contributed by atoms with Gasteiger partial charge in [-0.2, -0.15) is 0 Å². The van der Waals surface area contributed by atoms with Crippen molar-refractivity contribution in [2.75, 3.05) is 6.61 Å². The molecule has 0 radical (unpaired) electrons. The molecule has 0 saturated heterocycles. The third-order valence-electron chi connectivity index (χ3n) is 3.52. The average Bonchev–Trinajstić information content (AvgIpc) is 2.50. The number of nitrogens with one attached hydrogen (secondary N) is 1. The van der Waals surface area contributed by atoms with Crippen LogP contribution in [-0.4, -0.2) is 29.6 Å². The number of allylic oxidation sites excluding steroid dienone is 1. The Morgan fingerprint density at radius 1 is 1.48 bits per heavy atom. The van der Waals surface area contributed by atoms with Gasteiger partial charge in [-0.25, -0.2) is 4.79 Å². The lowest BCUT2D eigenvalue weighted by atomic mass is 9.95. The molecule has 2 rings (SSSR count). The maximum Gasteiger partial charge on any atom is 0.326 e. The first-order valence-corrected chi connectivity index (χ1v) is 6.96. The summed E-state index contributed by atoms with van der Waals surface area (Å²) in [6, 6.07) is 6.68. The van der Waals surface area contributed by atoms with Crippen LogP contribution in [0.4, 0.5) is 0 Å². The van der Waals surface area contributed by atoms with Gasteiger partial charge in [-0.1, -0.05) is 24.3 Å². The average molecular weight is 289 g/mol. The monoisotopic (exact) mass is 289 g/mol. The van der Waals surface area contributed by atoms with Crippen molar-refractivity contribution in [3.8, 4) is 5.75 Å². The quantitative estimate of drug-likeness (QED) is 0.783. The molecule has 5 nitrogen and oxygen atoms in total. The van der Waals surface area contributed by atoms with Crippen molar-refractivity contribution in [3.63, 3.8) is 0 Å². The Morgan fingerprint density at radius 3 is 2.95 bits per heavy atom. The summed E-state index contributed by atoms with van der Waals surface area (Å²) >= 11 is 0. The standard InChI is InChI=1S/C16H19NO4/c1-2-3-7-13(16(19)20)17-15(18)12-9-11-6-4-5-8-14(11)21-10-12/h2,4-6,8,12-13H,1,3,7,9-10H2,(H,17,18)(H,19,20). The van der Waals surface area contributed by atoms with Gasteiger partial charge in [0.1, 0.15) is 18.4 Å². The van der Waals surface area contributed by atoms with Crippen LogP contribution >= 0.6 is 0 Å². The number of para-hydroxylation sites is 1. The zero-order chi connectivity index (χ0) is 15.2. The molecule has 0 aliphatic carbocycles. The van der Waals surface area contributed by atoms with Crippen molar-refractivity contribution in [3.05, 3.63) is 42.5 Å². The van der Waals surface area contributed by atoms with Crippen LogP contribution in [0.3, 0.4) is 0 Å². The predicted molar refractivity (Wildman–Crippen MR) is 78.1 cm³/mol. The number of rotatable bonds is 6. The lowest BCUT2D eigenvalue weighted by Gasteiger charge is -2.25. The Morgan fingerprint density at radius 2 is 2.24 bits per heavy atom. The van der Waals surface area contributed by atoms with E-state index in [9.17, 15) is 9.59 Å². The van der Waals surface area contributed by atoms with Gasteiger partial charge < -0.3 is 15.2 Å². The topological polar surface area (TPSA) is 75.6 Å². The molecule has 1 aliphatic rings. The number of carbonyl (C=O) groups is 2. The molecule has 0 saturated carbocycles. The third-order valence-corrected chi connectivity index (χ3v) is 3.52. The second-order valence-electron chi connectivity index (χ2n) is 5.09. The Hall–Kier alpha value is -2.30. The Labute approximate surface area is 123 Å². The highest BCUT2D eigenvalue weighted by atomic mass is 16.5. The van der Waals surface area contributed by atoms with Crippen molar-refractivity contribution in [2.45, 2.75) is 25.3 Å². The zero-order valence-corrected chi connectivity index (χ0v) is 11.7. The molecule has 1 aromatic carbocycles. The molecule has 1 aliphatic heterocycles. The molecular formula is C16H19NO4. The number of amides is 1. The van der Waals surface area contributed by atoms with Crippen LogP contribution in [0, 0.1) is 5.92 Å². The van der Waals surface area contributed by atoms with E-state index >= 15 is 0 Å². The van der Waals surface area contributed by atoms with Crippen molar-refractivity contribution in [1.82, 2.24) is 5.32 Å². The highest BCUT2D eigenvalue weighted by molar-refractivity contribution is 5.85. The molecular weight excluding hydrogens is 270 g/mol. The maximum atomic E-state index is 12.2. The van der Waals surface area contributed by atoms with Gasteiger partial charge in [-0.15, -0.1) is 6.58 Å². The lowest BCUT2D eigenvalue weighted by molar-refractivity contribution is -0.142. The highest BCUT2D eigenvalue weighted by Crippen LogP contribution is 2.26. The fourth-order valence-electron chi connectivity index (χ4n) is 2.33. The van der Waals surface area contributed by atoms with Gasteiger partial charge >= 0.3 is 5.97 Å². The smallest absolute Gasteiger partial charge is 0.326 e. The summed E-state index contributed by atoms with van der Waals surface area (Å²) in [7, 11) is 0. The van der Waals surface area contributed by atoms with Gasteiger partial charge in [0.05, 0.1) is 5.92 Å². The molecule has 21 heavy (non-hydrogen) atoms. The van der Waals surface area contributed by atoms with Crippen LogP contribution in [0.5, 0.6) is 5.75 Å². The van der Waals surface area contributed by atoms with Gasteiger partial charge in [-0.3, -0.25) is 4.79 Å². The molecule has 1 amide bonds. The van der Waals surface area contributed by atoms with Gasteiger partial charge in [0.2, 0.25) is 5.91 Å². The number of carboxylic acids is 1. The van der Waals surface area contributed by atoms with E-state index in [1.54, 1.807) is 6.08 Å². The minimum atomic E-state index is -1.03. The van der Waals surface area contributed by atoms with E-state index in [1.807, 2.05) is 24.3 Å². The zero-order valence-electron chi connectivity index (χ0n) is 11.7. The minimum absolute atomic E-state index is 0.274. The van der Waals surface area contributed by atoms with E-state index in [1.165, 1.54) is 0 Å². The van der Waals surface area contributed by atoms with E-state index in [0.29, 0.717) is 19.3 Å². The second-order valence-corrected chi connectivity index (χ2v) is 5.09. The van der Waals surface area contributed by atoms with Crippen LogP contribution < -0.4 is 10.1 Å². The molecule has 2 unspecified atom stereocenters. The Balaban J connectivity index is 1.97. The van der Waals surface area contributed by atoms with Crippen LogP contribution in [-0.2, 0) is 16.0 Å². The number of benzene rings is 1. The Kier molecular flexibility index (Phi) is 4.98. The summed E-state index contributed by atoms with van der Waals surface area (Å²) in [6.45, 7) is 3.83. The van der Waals surface area contributed by atoms with Crippen molar-refractivity contribution < 1.29 is 19.4 Å². The molecule has 0 spiro atoms. The van der Waals surface area contributed by atoms with Crippen molar-refractivity contribution in [2.24, 2.45) is 5.92 Å². The van der Waals surface area contributed by atoms with Crippen LogP contribution in [0.2, 0.25) is 0 Å². The summed E-state index contributed by atoms with van der Waals surface area (Å²) in [5.41, 5.74) is 0.974. The number of fused-ring (bicyclic) bond motifs is 1. The molecule has 2 atom stereocenters. The third kappa shape index (κ3) is 3.84. The van der Waals surface area contributed by atoms with Crippen molar-refractivity contribution >= 4 is 11.9 Å². The first-order chi connectivity index (χ1) is 10.1. The van der Waals surface area contributed by atoms with Crippen LogP contribution in [0.25, 0.3) is 0 Å². The largest absolute Gasteiger partial charge is 0.492 e. The fourth-order valence-corrected chi connectivity index (χ4v) is 2.33. The first-order valence-electron chi connectivity index (χ1n) is 6.96. The number of carbonyl (C=O) groups excluding carboxylic acids is 1. The number of ether oxygens (including phenoxy) is 1. The second kappa shape index (κ2) is 6.92. The molecule has 5 heteroatoms. The number of hydrogen-bond acceptors (Lipinski definition) is 3. The van der Waals surface area contributed by atoms with Gasteiger partial charge in [0.25, 0.3) is 0 Å². The van der Waals surface area contributed by atoms with Gasteiger partial charge in [0, 0.05) is 0 Å². The summed E-state index contributed by atoms with van der Waals surface area (Å²) in [4.78, 5) is 23.3. The molecule has 0 bridgehead atoms. The minimum Gasteiger partial charge on any atom is -0.492 e. The number of aliphatic carboxylic acids is 1. The van der Waals surface area contributed by atoms with Crippen LogP contribution in [0.1, 0.15) is 18.4 Å². The SMILES string of the molecule is C=CCCC(NC(=O)C1COc2ccccc2C1)C(=O)O. The lowest BCUT2D eigenvalue weighted by Crippen LogP contribution is -2.46. The molecule has 0 aromatic heterocycles. The molecule has 1 heterocycles. The molecule has 1 aromatic rings. The first kappa shape index (κ1) is 15.1. The van der Waals surface area contributed by atoms with Crippen molar-refractivity contribution in [1.29, 1.82) is 0 Å². The van der Waals surface area contributed by atoms with Crippen LogP contribution in [0.15, 0.2) is 36.9 Å². The van der Waals surface area contributed by atoms with Gasteiger partial charge in [-0.05, 0) is 30.9 Å². The fraction of sp³-hybridized carbons (Fsp3) is 0.375. The number of carboxylic acid groups (broad SMARTS) is 1. The summed E-state index contributed by atoms with van der Waals surface area (Å²) in [5.74, 6) is -0.864. The van der Waals surface area contributed by atoms with E-state index in [-0.39, 0.29) is 18.4 Å². The predicted octanol–water partition coefficient (Wildman–Crippen LogP) is 1.77. The van der Waals surface area contributed by atoms with E-state index < -0.39 is 12.0 Å².